The quantitative estimate of drug-likeness (QED) is 0.699. The van der Waals surface area contributed by atoms with E-state index in [1.54, 1.807) is 6.20 Å². The molecule has 1 aliphatic rings. The Morgan fingerprint density at radius 3 is 3.18 bits per heavy atom. The normalized spacial score (nSPS) is 20.6. The van der Waals surface area contributed by atoms with Gasteiger partial charge in [0.25, 0.3) is 0 Å². The number of nitrogens with one attached hydrogen (secondary N) is 1. The summed E-state index contributed by atoms with van der Waals surface area (Å²) in [5, 5.41) is 9.15. The lowest BCUT2D eigenvalue weighted by atomic mass is 10.0. The standard InChI is InChI=1S/C11H15N5O/c12-11-14-4-9-10(15-11)7(3-13-9)5-16-2-1-8(16)6-17/h3-4,8,13,17H,1-2,5-6H2,(H2,12,14,15)/t8-/m1/s1. The van der Waals surface area contributed by atoms with Gasteiger partial charge in [0.15, 0.2) is 0 Å². The van der Waals surface area contributed by atoms with Gasteiger partial charge in [0, 0.05) is 30.9 Å². The van der Waals surface area contributed by atoms with Gasteiger partial charge in [-0.1, -0.05) is 0 Å². The van der Waals surface area contributed by atoms with Crippen LogP contribution in [-0.2, 0) is 6.54 Å². The van der Waals surface area contributed by atoms with Crippen molar-refractivity contribution in [2.75, 3.05) is 18.9 Å². The summed E-state index contributed by atoms with van der Waals surface area (Å²) in [5.74, 6) is 0.292. The number of hydrogen-bond acceptors (Lipinski definition) is 5. The fourth-order valence-electron chi connectivity index (χ4n) is 2.23. The molecule has 1 aliphatic heterocycles. The lowest BCUT2D eigenvalue weighted by Gasteiger charge is -2.39. The molecular weight excluding hydrogens is 218 g/mol. The predicted octanol–water partition coefficient (Wildman–Crippen LogP) is 0.107. The van der Waals surface area contributed by atoms with Gasteiger partial charge >= 0.3 is 0 Å². The van der Waals surface area contributed by atoms with Gasteiger partial charge in [-0.05, 0) is 6.42 Å². The molecule has 2 aromatic heterocycles. The van der Waals surface area contributed by atoms with Crippen molar-refractivity contribution in [1.82, 2.24) is 19.9 Å². The first-order chi connectivity index (χ1) is 8.28. The molecule has 90 valence electrons. The minimum atomic E-state index is 0.222. The van der Waals surface area contributed by atoms with Gasteiger partial charge < -0.3 is 15.8 Å². The average Bonchev–Trinajstić information content (AvgIpc) is 2.67. The molecule has 4 N–H and O–H groups in total. The molecule has 1 fully saturated rings. The molecule has 0 aliphatic carbocycles. The van der Waals surface area contributed by atoms with E-state index in [1.165, 1.54) is 0 Å². The summed E-state index contributed by atoms with van der Waals surface area (Å²) < 4.78 is 0. The van der Waals surface area contributed by atoms with Crippen LogP contribution in [0.1, 0.15) is 12.0 Å². The number of H-pyrrole nitrogens is 1. The molecule has 0 radical (unpaired) electrons. The van der Waals surface area contributed by atoms with Gasteiger partial charge in [-0.15, -0.1) is 0 Å². The number of aliphatic hydroxyl groups excluding tert-OH is 1. The lowest BCUT2D eigenvalue weighted by molar-refractivity contribution is 0.0359. The van der Waals surface area contributed by atoms with Crippen LogP contribution < -0.4 is 5.73 Å². The van der Waals surface area contributed by atoms with E-state index >= 15 is 0 Å². The third-order valence-electron chi connectivity index (χ3n) is 3.36. The first kappa shape index (κ1) is 10.5. The number of nitrogen functional groups attached to an aromatic ring is 1. The SMILES string of the molecule is Nc1ncc2[nH]cc(CN3CC[C@@H]3CO)c2n1. The Morgan fingerprint density at radius 1 is 1.59 bits per heavy atom. The monoisotopic (exact) mass is 233 g/mol. The second-order valence-electron chi connectivity index (χ2n) is 4.40. The van der Waals surface area contributed by atoms with E-state index in [9.17, 15) is 0 Å². The molecule has 6 heteroatoms. The summed E-state index contributed by atoms with van der Waals surface area (Å²) in [6.45, 7) is 2.04. The van der Waals surface area contributed by atoms with E-state index in [1.807, 2.05) is 6.20 Å². The van der Waals surface area contributed by atoms with Crippen LogP contribution in [-0.4, -0.2) is 44.2 Å². The summed E-state index contributed by atoms with van der Waals surface area (Å²) in [6, 6.07) is 0.291. The summed E-state index contributed by atoms with van der Waals surface area (Å²) in [4.78, 5) is 13.6. The van der Waals surface area contributed by atoms with Gasteiger partial charge in [-0.3, -0.25) is 4.90 Å². The highest BCUT2D eigenvalue weighted by Gasteiger charge is 2.27. The molecule has 17 heavy (non-hydrogen) atoms. The topological polar surface area (TPSA) is 91.1 Å². The number of aromatic amines is 1. The minimum Gasteiger partial charge on any atom is -0.395 e. The van der Waals surface area contributed by atoms with Crippen LogP contribution in [0.5, 0.6) is 0 Å². The second kappa shape index (κ2) is 3.97. The van der Waals surface area contributed by atoms with E-state index in [-0.39, 0.29) is 6.61 Å². The van der Waals surface area contributed by atoms with Crippen molar-refractivity contribution in [3.63, 3.8) is 0 Å². The molecule has 0 bridgehead atoms. The van der Waals surface area contributed by atoms with Crippen LogP contribution in [0.25, 0.3) is 11.0 Å². The van der Waals surface area contributed by atoms with E-state index < -0.39 is 0 Å². The van der Waals surface area contributed by atoms with Crippen molar-refractivity contribution in [3.05, 3.63) is 18.0 Å². The van der Waals surface area contributed by atoms with E-state index in [2.05, 4.69) is 19.9 Å². The molecule has 6 nitrogen and oxygen atoms in total. The highest BCUT2D eigenvalue weighted by molar-refractivity contribution is 5.78. The molecule has 3 heterocycles. The third-order valence-corrected chi connectivity index (χ3v) is 3.36. The Kier molecular flexibility index (Phi) is 2.45. The Labute approximate surface area is 98.5 Å². The van der Waals surface area contributed by atoms with E-state index in [4.69, 9.17) is 10.8 Å². The molecular formula is C11H15N5O. The second-order valence-corrected chi connectivity index (χ2v) is 4.40. The predicted molar refractivity (Wildman–Crippen MR) is 64.2 cm³/mol. The summed E-state index contributed by atoms with van der Waals surface area (Å²) >= 11 is 0. The maximum atomic E-state index is 9.15. The van der Waals surface area contributed by atoms with Crippen molar-refractivity contribution in [2.45, 2.75) is 19.0 Å². The summed E-state index contributed by atoms with van der Waals surface area (Å²) in [6.07, 6.45) is 4.70. The van der Waals surface area contributed by atoms with Crippen molar-refractivity contribution in [1.29, 1.82) is 0 Å². The molecule has 1 atom stereocenters. The number of likely N-dealkylation sites (tertiary alicyclic amines) is 1. The zero-order valence-corrected chi connectivity index (χ0v) is 9.43. The van der Waals surface area contributed by atoms with Crippen LogP contribution in [0.3, 0.4) is 0 Å². The maximum Gasteiger partial charge on any atom is 0.220 e. The molecule has 2 aromatic rings. The number of aromatic nitrogens is 3. The minimum absolute atomic E-state index is 0.222. The number of anilines is 1. The molecule has 1 saturated heterocycles. The highest BCUT2D eigenvalue weighted by atomic mass is 16.3. The summed E-state index contributed by atoms with van der Waals surface area (Å²) in [7, 11) is 0. The Balaban J connectivity index is 1.87. The van der Waals surface area contributed by atoms with Gasteiger partial charge in [-0.2, -0.15) is 0 Å². The Hall–Kier alpha value is -1.66. The van der Waals surface area contributed by atoms with Gasteiger partial charge in [-0.25, -0.2) is 9.97 Å². The number of hydrogen-bond donors (Lipinski definition) is 3. The molecule has 0 saturated carbocycles. The molecule has 0 amide bonds. The van der Waals surface area contributed by atoms with Crippen molar-refractivity contribution < 1.29 is 5.11 Å². The van der Waals surface area contributed by atoms with Crippen LogP contribution in [0.15, 0.2) is 12.4 Å². The molecule has 0 aromatic carbocycles. The van der Waals surface area contributed by atoms with Crippen molar-refractivity contribution in [3.8, 4) is 0 Å². The average molecular weight is 233 g/mol. The van der Waals surface area contributed by atoms with E-state index in [0.717, 1.165) is 36.1 Å². The van der Waals surface area contributed by atoms with Crippen LogP contribution in [0.2, 0.25) is 0 Å². The molecule has 0 spiro atoms. The van der Waals surface area contributed by atoms with Crippen LogP contribution in [0, 0.1) is 0 Å². The molecule has 0 unspecified atom stereocenters. The zero-order chi connectivity index (χ0) is 11.8. The van der Waals surface area contributed by atoms with Crippen molar-refractivity contribution >= 4 is 17.0 Å². The number of aliphatic hydroxyl groups is 1. The van der Waals surface area contributed by atoms with E-state index in [0.29, 0.717) is 12.0 Å². The summed E-state index contributed by atoms with van der Waals surface area (Å²) in [5.41, 5.74) is 8.47. The number of rotatable bonds is 3. The van der Waals surface area contributed by atoms with Crippen LogP contribution >= 0.6 is 0 Å². The first-order valence-corrected chi connectivity index (χ1v) is 5.71. The highest BCUT2D eigenvalue weighted by Crippen LogP contribution is 2.23. The first-order valence-electron chi connectivity index (χ1n) is 5.71. The van der Waals surface area contributed by atoms with Gasteiger partial charge in [0.1, 0.15) is 0 Å². The molecule has 3 rings (SSSR count). The van der Waals surface area contributed by atoms with Crippen molar-refractivity contribution in [2.24, 2.45) is 0 Å². The van der Waals surface area contributed by atoms with Gasteiger partial charge in [0.05, 0.1) is 23.8 Å². The zero-order valence-electron chi connectivity index (χ0n) is 9.43. The smallest absolute Gasteiger partial charge is 0.220 e. The lowest BCUT2D eigenvalue weighted by Crippen LogP contribution is -2.48. The third kappa shape index (κ3) is 1.75. The fraction of sp³-hybridized carbons (Fsp3) is 0.455. The van der Waals surface area contributed by atoms with Crippen LogP contribution in [0.4, 0.5) is 5.95 Å². The Morgan fingerprint density at radius 2 is 2.47 bits per heavy atom. The largest absolute Gasteiger partial charge is 0.395 e. The van der Waals surface area contributed by atoms with Gasteiger partial charge in [0.2, 0.25) is 5.95 Å². The number of nitrogens with zero attached hydrogens (tertiary/aromatic N) is 3. The fourth-order valence-corrected chi connectivity index (χ4v) is 2.23. The Bertz CT molecular complexity index is 536. The number of fused-ring (bicyclic) bond motifs is 1. The number of nitrogens with two attached hydrogens (primary N) is 1. The maximum absolute atomic E-state index is 9.15.